The summed E-state index contributed by atoms with van der Waals surface area (Å²) in [5.74, 6) is -2.84. The first-order valence-corrected chi connectivity index (χ1v) is 12.7. The maximum Gasteiger partial charge on any atom is 0.275 e. The Bertz CT molecular complexity index is 1030. The van der Waals surface area contributed by atoms with E-state index in [0.29, 0.717) is 36.5 Å². The number of halogens is 2. The minimum Gasteiger partial charge on any atom is -0.450 e. The molecule has 0 saturated carbocycles. The molecule has 3 rings (SSSR count). The van der Waals surface area contributed by atoms with Crippen LogP contribution in [0.3, 0.4) is 0 Å². The minimum atomic E-state index is -1.19. The molecule has 0 atom stereocenters. The lowest BCUT2D eigenvalue weighted by atomic mass is 10.2. The van der Waals surface area contributed by atoms with Gasteiger partial charge in [0.25, 0.3) is 5.69 Å². The van der Waals surface area contributed by atoms with Gasteiger partial charge in [-0.2, -0.15) is 0 Å². The molecule has 0 aliphatic carbocycles. The zero-order valence-corrected chi connectivity index (χ0v) is 17.3. The highest BCUT2D eigenvalue weighted by Crippen LogP contribution is 2.34. The van der Waals surface area contributed by atoms with Crippen LogP contribution in [0.2, 0.25) is 25.7 Å². The van der Waals surface area contributed by atoms with Crippen molar-refractivity contribution in [3.8, 4) is 11.5 Å². The van der Waals surface area contributed by atoms with E-state index in [1.165, 1.54) is 12.3 Å². The second-order valence-corrected chi connectivity index (χ2v) is 13.4. The first kappa shape index (κ1) is 20.9. The highest BCUT2D eigenvalue weighted by Gasteiger charge is 2.20. The van der Waals surface area contributed by atoms with Gasteiger partial charge in [-0.25, -0.2) is 13.8 Å². The van der Waals surface area contributed by atoms with Gasteiger partial charge in [-0.1, -0.05) is 19.6 Å². The smallest absolute Gasteiger partial charge is 0.275 e. The number of non-ortho nitro benzene ring substituents is 1. The van der Waals surface area contributed by atoms with E-state index in [-0.39, 0.29) is 5.75 Å². The lowest BCUT2D eigenvalue weighted by molar-refractivity contribution is -0.385. The Hall–Kier alpha value is -2.85. The predicted octanol–water partition coefficient (Wildman–Crippen LogP) is 5.33. The van der Waals surface area contributed by atoms with Crippen molar-refractivity contribution < 1.29 is 23.2 Å². The lowest BCUT2D eigenvalue weighted by Gasteiger charge is -2.15. The quantitative estimate of drug-likeness (QED) is 0.213. The van der Waals surface area contributed by atoms with E-state index in [0.717, 1.165) is 6.04 Å². The van der Waals surface area contributed by atoms with Gasteiger partial charge in [0.15, 0.2) is 17.4 Å². The SMILES string of the molecule is C[Si](C)(C)CCOCn1ccc2c(Oc3c(F)cc([N+](=O)[O-])cc3F)ccnc21. The Morgan fingerprint density at radius 2 is 1.90 bits per heavy atom. The van der Waals surface area contributed by atoms with Crippen LogP contribution in [0.25, 0.3) is 11.0 Å². The number of hydrogen-bond acceptors (Lipinski definition) is 5. The fourth-order valence-electron chi connectivity index (χ4n) is 2.66. The topological polar surface area (TPSA) is 79.4 Å². The molecule has 2 aromatic heterocycles. The molecule has 0 spiro atoms. The normalized spacial score (nSPS) is 11.8. The van der Waals surface area contributed by atoms with Crippen molar-refractivity contribution in [1.82, 2.24) is 9.55 Å². The number of hydrogen-bond donors (Lipinski definition) is 0. The zero-order chi connectivity index (χ0) is 21.2. The highest BCUT2D eigenvalue weighted by atomic mass is 28.3. The van der Waals surface area contributed by atoms with E-state index in [2.05, 4.69) is 24.6 Å². The average molecular weight is 421 g/mol. The summed E-state index contributed by atoms with van der Waals surface area (Å²) < 4.78 is 41.2. The summed E-state index contributed by atoms with van der Waals surface area (Å²) in [6, 6.07) is 5.45. The standard InChI is InChI=1S/C19H21F2N3O4Si/c1-29(2,3)9-8-27-12-23-7-5-14-17(4-6-22-19(14)23)28-18-15(20)10-13(24(25)26)11-16(18)21/h4-7,10-11H,8-9,12H2,1-3H3. The predicted molar refractivity (Wildman–Crippen MR) is 107 cm³/mol. The van der Waals surface area contributed by atoms with E-state index >= 15 is 0 Å². The molecule has 154 valence electrons. The van der Waals surface area contributed by atoms with Crippen LogP contribution in [0.5, 0.6) is 11.5 Å². The number of nitro groups is 1. The van der Waals surface area contributed by atoms with Crippen LogP contribution < -0.4 is 4.74 Å². The number of benzene rings is 1. The third-order valence-electron chi connectivity index (χ3n) is 4.25. The van der Waals surface area contributed by atoms with Crippen LogP contribution in [-0.2, 0) is 11.5 Å². The summed E-state index contributed by atoms with van der Waals surface area (Å²) in [6.45, 7) is 7.74. The fraction of sp³-hybridized carbons (Fsp3) is 0.316. The second-order valence-electron chi connectivity index (χ2n) is 7.78. The van der Waals surface area contributed by atoms with Crippen molar-refractivity contribution in [2.75, 3.05) is 6.61 Å². The van der Waals surface area contributed by atoms with Crippen molar-refractivity contribution in [3.05, 3.63) is 58.4 Å². The van der Waals surface area contributed by atoms with Gasteiger partial charge in [0.05, 0.1) is 22.4 Å². The van der Waals surface area contributed by atoms with Crippen LogP contribution in [0.1, 0.15) is 0 Å². The fourth-order valence-corrected chi connectivity index (χ4v) is 3.42. The Balaban J connectivity index is 1.81. The Kier molecular flexibility index (Phi) is 5.94. The van der Waals surface area contributed by atoms with Crippen LogP contribution >= 0.6 is 0 Å². The minimum absolute atomic E-state index is 0.183. The van der Waals surface area contributed by atoms with E-state index in [9.17, 15) is 18.9 Å². The molecule has 2 heterocycles. The van der Waals surface area contributed by atoms with Crippen LogP contribution in [0.4, 0.5) is 14.5 Å². The van der Waals surface area contributed by atoms with Crippen molar-refractivity contribution in [1.29, 1.82) is 0 Å². The molecule has 1 aromatic carbocycles. The molecule has 10 heteroatoms. The van der Waals surface area contributed by atoms with Gasteiger partial charge in [0, 0.05) is 27.1 Å². The summed E-state index contributed by atoms with van der Waals surface area (Å²) in [5.41, 5.74) is -0.146. The van der Waals surface area contributed by atoms with Gasteiger partial charge in [-0.05, 0) is 18.2 Å². The monoisotopic (exact) mass is 421 g/mol. The molecule has 0 unspecified atom stereocenters. The van der Waals surface area contributed by atoms with E-state index in [4.69, 9.17) is 9.47 Å². The summed E-state index contributed by atoms with van der Waals surface area (Å²) in [6.07, 6.45) is 3.21. The molecule has 0 amide bonds. The Labute approximate surface area is 167 Å². The maximum atomic E-state index is 14.2. The molecule has 3 aromatic rings. The Morgan fingerprint density at radius 3 is 2.52 bits per heavy atom. The molecule has 0 aliphatic heterocycles. The number of rotatable bonds is 8. The molecular formula is C19H21F2N3O4Si. The van der Waals surface area contributed by atoms with Crippen LogP contribution in [0, 0.1) is 21.7 Å². The first-order chi connectivity index (χ1) is 13.7. The van der Waals surface area contributed by atoms with Crippen LogP contribution in [0.15, 0.2) is 36.7 Å². The van der Waals surface area contributed by atoms with Crippen LogP contribution in [-0.4, -0.2) is 29.2 Å². The van der Waals surface area contributed by atoms with Gasteiger partial charge in [-0.3, -0.25) is 10.1 Å². The van der Waals surface area contributed by atoms with Crippen molar-refractivity contribution in [2.24, 2.45) is 0 Å². The van der Waals surface area contributed by atoms with Gasteiger partial charge in [-0.15, -0.1) is 0 Å². The van der Waals surface area contributed by atoms with Crippen molar-refractivity contribution in [2.45, 2.75) is 32.4 Å². The highest BCUT2D eigenvalue weighted by molar-refractivity contribution is 6.76. The Morgan fingerprint density at radius 1 is 1.21 bits per heavy atom. The van der Waals surface area contributed by atoms with Crippen molar-refractivity contribution >= 4 is 24.8 Å². The average Bonchev–Trinajstić information content (AvgIpc) is 3.04. The summed E-state index contributed by atoms with van der Waals surface area (Å²) in [5, 5.41) is 11.3. The van der Waals surface area contributed by atoms with E-state index in [1.807, 2.05) is 0 Å². The number of pyridine rings is 1. The summed E-state index contributed by atoms with van der Waals surface area (Å²) in [7, 11) is -1.19. The molecule has 0 saturated heterocycles. The maximum absolute atomic E-state index is 14.2. The van der Waals surface area contributed by atoms with E-state index in [1.54, 1.807) is 16.8 Å². The van der Waals surface area contributed by atoms with Gasteiger partial charge >= 0.3 is 0 Å². The van der Waals surface area contributed by atoms with Crippen molar-refractivity contribution in [3.63, 3.8) is 0 Å². The zero-order valence-electron chi connectivity index (χ0n) is 16.3. The third kappa shape index (κ3) is 4.95. The number of ether oxygens (including phenoxy) is 2. The number of aromatic nitrogens is 2. The molecule has 0 radical (unpaired) electrons. The van der Waals surface area contributed by atoms with E-state index < -0.39 is 36.1 Å². The molecule has 7 nitrogen and oxygen atoms in total. The van der Waals surface area contributed by atoms with Gasteiger partial charge < -0.3 is 14.0 Å². The van der Waals surface area contributed by atoms with Gasteiger partial charge in [0.1, 0.15) is 18.1 Å². The number of nitrogens with zero attached hydrogens (tertiary/aromatic N) is 3. The molecule has 0 fully saturated rings. The third-order valence-corrected chi connectivity index (χ3v) is 5.96. The number of nitro benzene ring substituents is 1. The summed E-state index contributed by atoms with van der Waals surface area (Å²) >= 11 is 0. The molecule has 0 aliphatic rings. The first-order valence-electron chi connectivity index (χ1n) is 8.98. The second kappa shape index (κ2) is 8.25. The summed E-state index contributed by atoms with van der Waals surface area (Å²) in [4.78, 5) is 14.1. The molecule has 29 heavy (non-hydrogen) atoms. The van der Waals surface area contributed by atoms with Gasteiger partial charge in [0.2, 0.25) is 0 Å². The molecular weight excluding hydrogens is 400 g/mol. The molecule has 0 N–H and O–H groups in total. The number of fused-ring (bicyclic) bond motifs is 1. The largest absolute Gasteiger partial charge is 0.450 e. The molecule has 0 bridgehead atoms. The lowest BCUT2D eigenvalue weighted by Crippen LogP contribution is -2.22.